The number of para-hydroxylation sites is 1. The number of ether oxygens (including phenoxy) is 2. The van der Waals surface area contributed by atoms with Crippen LogP contribution in [-0.2, 0) is 10.2 Å². The first-order valence-corrected chi connectivity index (χ1v) is 10.1. The normalized spacial score (nSPS) is 11.9. The topological polar surface area (TPSA) is 60.5 Å². The number of halogens is 3. The van der Waals surface area contributed by atoms with Crippen LogP contribution in [0.5, 0.6) is 17.4 Å². The van der Waals surface area contributed by atoms with Gasteiger partial charge in [0.1, 0.15) is 17.2 Å². The first-order valence-electron chi connectivity index (χ1n) is 10.1. The number of carbonyl (C=O) groups is 1. The zero-order valence-corrected chi connectivity index (χ0v) is 18.3. The number of nitrogens with zero attached hydrogens (tertiary/aromatic N) is 1. The monoisotopic (exact) mass is 456 g/mol. The molecule has 5 nitrogen and oxygen atoms in total. The quantitative estimate of drug-likeness (QED) is 0.418. The number of alkyl halides is 3. The molecule has 8 heteroatoms. The highest BCUT2D eigenvalue weighted by Crippen LogP contribution is 2.35. The molecule has 0 bridgehead atoms. The number of nitrogens with one attached hydrogen (secondary N) is 1. The van der Waals surface area contributed by atoms with Crippen molar-refractivity contribution in [1.82, 2.24) is 4.98 Å². The Morgan fingerprint density at radius 3 is 2.33 bits per heavy atom. The molecule has 0 aliphatic carbocycles. The Balaban J connectivity index is 1.71. The second kappa shape index (κ2) is 9.77. The lowest BCUT2D eigenvalue weighted by Gasteiger charge is -2.22. The number of amides is 1. The third kappa shape index (κ3) is 7.10. The molecule has 0 fully saturated rings. The van der Waals surface area contributed by atoms with Gasteiger partial charge in [0.05, 0.1) is 0 Å². The van der Waals surface area contributed by atoms with Crippen molar-refractivity contribution in [2.45, 2.75) is 32.5 Å². The molecule has 33 heavy (non-hydrogen) atoms. The van der Waals surface area contributed by atoms with Gasteiger partial charge in [-0.15, -0.1) is 13.2 Å². The molecule has 172 valence electrons. The molecule has 1 aromatic heterocycles. The van der Waals surface area contributed by atoms with Gasteiger partial charge in [0, 0.05) is 17.8 Å². The van der Waals surface area contributed by atoms with Gasteiger partial charge >= 0.3 is 6.36 Å². The van der Waals surface area contributed by atoms with Gasteiger partial charge in [0.15, 0.2) is 0 Å². The van der Waals surface area contributed by atoms with Crippen LogP contribution in [0.1, 0.15) is 31.9 Å². The van der Waals surface area contributed by atoms with Gasteiger partial charge in [-0.25, -0.2) is 4.98 Å². The lowest BCUT2D eigenvalue weighted by Crippen LogP contribution is -2.16. The third-order valence-electron chi connectivity index (χ3n) is 4.47. The summed E-state index contributed by atoms with van der Waals surface area (Å²) in [6.07, 6.45) is -0.461. The SMILES string of the molecule is CC(C)(C)c1ccccc1Oc1ncccc1NC(=O)C=Cc1ccc(OC(F)(F)F)cc1. The van der Waals surface area contributed by atoms with E-state index in [0.717, 1.165) is 5.56 Å². The van der Waals surface area contributed by atoms with E-state index >= 15 is 0 Å². The van der Waals surface area contributed by atoms with Gasteiger partial charge in [0.2, 0.25) is 11.8 Å². The van der Waals surface area contributed by atoms with Crippen molar-refractivity contribution in [3.63, 3.8) is 0 Å². The van der Waals surface area contributed by atoms with E-state index in [1.807, 2.05) is 24.3 Å². The first kappa shape index (κ1) is 23.8. The van der Waals surface area contributed by atoms with Crippen LogP contribution < -0.4 is 14.8 Å². The number of carbonyl (C=O) groups excluding carboxylic acids is 1. The van der Waals surface area contributed by atoms with Crippen molar-refractivity contribution in [3.05, 3.63) is 84.1 Å². The number of hydrogen-bond acceptors (Lipinski definition) is 4. The minimum Gasteiger partial charge on any atom is -0.437 e. The van der Waals surface area contributed by atoms with Gasteiger partial charge < -0.3 is 14.8 Å². The van der Waals surface area contributed by atoms with Gasteiger partial charge in [-0.1, -0.05) is 51.1 Å². The van der Waals surface area contributed by atoms with Crippen LogP contribution in [0.15, 0.2) is 72.9 Å². The molecule has 2 aromatic carbocycles. The number of hydrogen-bond donors (Lipinski definition) is 1. The second-order valence-corrected chi connectivity index (χ2v) is 8.14. The highest BCUT2D eigenvalue weighted by atomic mass is 19.4. The number of anilines is 1. The smallest absolute Gasteiger partial charge is 0.437 e. The third-order valence-corrected chi connectivity index (χ3v) is 4.47. The summed E-state index contributed by atoms with van der Waals surface area (Å²) in [5.41, 5.74) is 1.75. The van der Waals surface area contributed by atoms with E-state index in [0.29, 0.717) is 17.0 Å². The minimum absolute atomic E-state index is 0.155. The largest absolute Gasteiger partial charge is 0.573 e. The number of aromatic nitrogens is 1. The van der Waals surface area contributed by atoms with Gasteiger partial charge in [-0.2, -0.15) is 0 Å². The lowest BCUT2D eigenvalue weighted by atomic mass is 9.86. The van der Waals surface area contributed by atoms with Crippen LogP contribution in [0.2, 0.25) is 0 Å². The van der Waals surface area contributed by atoms with Gasteiger partial charge in [-0.05, 0) is 47.4 Å². The molecule has 3 aromatic rings. The molecule has 0 aliphatic heterocycles. The Morgan fingerprint density at radius 1 is 0.970 bits per heavy atom. The standard InChI is InChI=1S/C25H23F3N2O3/c1-24(2,3)19-7-4-5-9-21(19)32-23-20(8-6-16-29-23)30-22(31)15-12-17-10-13-18(14-11-17)33-25(26,27)28/h4-16H,1-3H3,(H,30,31). The van der Waals surface area contributed by atoms with Crippen molar-refractivity contribution in [2.24, 2.45) is 0 Å². The molecule has 0 saturated carbocycles. The van der Waals surface area contributed by atoms with E-state index in [1.165, 1.54) is 36.4 Å². The van der Waals surface area contributed by atoms with E-state index < -0.39 is 12.3 Å². The van der Waals surface area contributed by atoms with Crippen molar-refractivity contribution >= 4 is 17.7 Å². The van der Waals surface area contributed by atoms with E-state index in [4.69, 9.17) is 4.74 Å². The Hall–Kier alpha value is -3.81. The highest BCUT2D eigenvalue weighted by molar-refractivity contribution is 6.02. The molecular formula is C25H23F3N2O3. The fourth-order valence-corrected chi connectivity index (χ4v) is 2.97. The zero-order chi connectivity index (χ0) is 24.1. The second-order valence-electron chi connectivity index (χ2n) is 8.14. The Kier molecular flexibility index (Phi) is 7.06. The minimum atomic E-state index is -4.76. The molecule has 0 unspecified atom stereocenters. The maximum Gasteiger partial charge on any atom is 0.573 e. The van der Waals surface area contributed by atoms with Gasteiger partial charge in [0.25, 0.3) is 0 Å². The van der Waals surface area contributed by atoms with Crippen LogP contribution in [0.25, 0.3) is 6.08 Å². The fraction of sp³-hybridized carbons (Fsp3) is 0.200. The molecule has 1 heterocycles. The summed E-state index contributed by atoms with van der Waals surface area (Å²) < 4.78 is 46.6. The molecule has 0 atom stereocenters. The summed E-state index contributed by atoms with van der Waals surface area (Å²) in [6.45, 7) is 6.22. The zero-order valence-electron chi connectivity index (χ0n) is 18.3. The van der Waals surface area contributed by atoms with E-state index in [9.17, 15) is 18.0 Å². The number of pyridine rings is 1. The fourth-order valence-electron chi connectivity index (χ4n) is 2.97. The molecule has 0 radical (unpaired) electrons. The van der Waals surface area contributed by atoms with Crippen LogP contribution in [0.4, 0.5) is 18.9 Å². The van der Waals surface area contributed by atoms with Crippen molar-refractivity contribution in [1.29, 1.82) is 0 Å². The summed E-state index contributed by atoms with van der Waals surface area (Å²) in [5, 5.41) is 2.71. The van der Waals surface area contributed by atoms with E-state index in [-0.39, 0.29) is 17.0 Å². The molecule has 0 aliphatic rings. The van der Waals surface area contributed by atoms with E-state index in [1.54, 1.807) is 18.3 Å². The van der Waals surface area contributed by atoms with Crippen LogP contribution >= 0.6 is 0 Å². The van der Waals surface area contributed by atoms with Crippen LogP contribution in [-0.4, -0.2) is 17.3 Å². The first-order chi connectivity index (χ1) is 15.5. The Morgan fingerprint density at radius 2 is 1.67 bits per heavy atom. The summed E-state index contributed by atoms with van der Waals surface area (Å²) >= 11 is 0. The van der Waals surface area contributed by atoms with E-state index in [2.05, 4.69) is 35.8 Å². The number of rotatable bonds is 6. The van der Waals surface area contributed by atoms with Crippen molar-refractivity contribution in [3.8, 4) is 17.4 Å². The molecule has 1 N–H and O–H groups in total. The molecule has 0 spiro atoms. The average molecular weight is 456 g/mol. The molecule has 1 amide bonds. The Bertz CT molecular complexity index is 1130. The number of benzene rings is 2. The predicted molar refractivity (Wildman–Crippen MR) is 120 cm³/mol. The van der Waals surface area contributed by atoms with Gasteiger partial charge in [-0.3, -0.25) is 4.79 Å². The summed E-state index contributed by atoms with van der Waals surface area (Å²) in [6, 6.07) is 16.1. The predicted octanol–water partition coefficient (Wildman–Crippen LogP) is 6.72. The summed E-state index contributed by atoms with van der Waals surface area (Å²) in [7, 11) is 0. The lowest BCUT2D eigenvalue weighted by molar-refractivity contribution is -0.274. The van der Waals surface area contributed by atoms with Crippen LogP contribution in [0, 0.1) is 0 Å². The van der Waals surface area contributed by atoms with Crippen molar-refractivity contribution < 1.29 is 27.4 Å². The van der Waals surface area contributed by atoms with Crippen LogP contribution in [0.3, 0.4) is 0 Å². The maximum absolute atomic E-state index is 12.4. The van der Waals surface area contributed by atoms with Crippen molar-refractivity contribution in [2.75, 3.05) is 5.32 Å². The molecular weight excluding hydrogens is 433 g/mol. The molecule has 0 saturated heterocycles. The summed E-state index contributed by atoms with van der Waals surface area (Å²) in [5.74, 6) is 0.0878. The highest BCUT2D eigenvalue weighted by Gasteiger charge is 2.30. The Labute approximate surface area is 189 Å². The maximum atomic E-state index is 12.4. The molecule has 3 rings (SSSR count). The summed E-state index contributed by atoms with van der Waals surface area (Å²) in [4.78, 5) is 16.7. The average Bonchev–Trinajstić information content (AvgIpc) is 2.73.